The number of aliphatic carboxylic acids is 1. The van der Waals surface area contributed by atoms with E-state index < -0.39 is 23.8 Å². The van der Waals surface area contributed by atoms with Gasteiger partial charge in [-0.15, -0.1) is 0 Å². The minimum atomic E-state index is -4.44. The fourth-order valence-corrected chi connectivity index (χ4v) is 1.91. The average molecular weight is 246 g/mol. The van der Waals surface area contributed by atoms with Crippen LogP contribution in [0, 0.1) is 0 Å². The molecule has 17 heavy (non-hydrogen) atoms. The van der Waals surface area contributed by atoms with E-state index in [9.17, 15) is 18.0 Å². The molecule has 1 aliphatic heterocycles. The minimum Gasteiger partial charge on any atom is -0.489 e. The van der Waals surface area contributed by atoms with E-state index >= 15 is 0 Å². The summed E-state index contributed by atoms with van der Waals surface area (Å²) in [6, 6.07) is 3.66. The number of alkyl halides is 3. The van der Waals surface area contributed by atoms with E-state index in [-0.39, 0.29) is 24.2 Å². The highest BCUT2D eigenvalue weighted by molar-refractivity contribution is 5.68. The molecule has 2 rings (SSSR count). The summed E-state index contributed by atoms with van der Waals surface area (Å²) in [5.41, 5.74) is -0.700. The fourth-order valence-electron chi connectivity index (χ4n) is 1.91. The van der Waals surface area contributed by atoms with Crippen molar-refractivity contribution in [3.8, 4) is 5.75 Å². The van der Waals surface area contributed by atoms with Gasteiger partial charge in [-0.3, -0.25) is 4.79 Å². The summed E-state index contributed by atoms with van der Waals surface area (Å²) < 4.78 is 43.2. The van der Waals surface area contributed by atoms with E-state index in [1.54, 1.807) is 0 Å². The molecule has 3 nitrogen and oxygen atoms in total. The molecular formula is C11H9F3O3. The van der Waals surface area contributed by atoms with E-state index in [2.05, 4.69) is 0 Å². The lowest BCUT2D eigenvalue weighted by Gasteiger charge is -2.09. The number of fused-ring (bicyclic) bond motifs is 1. The number of rotatable bonds is 2. The van der Waals surface area contributed by atoms with Gasteiger partial charge >= 0.3 is 12.1 Å². The molecule has 0 fully saturated rings. The number of carboxylic acid groups (broad SMARTS) is 1. The van der Waals surface area contributed by atoms with Crippen LogP contribution in [0.1, 0.15) is 17.5 Å². The molecule has 0 bridgehead atoms. The SMILES string of the molecule is O=C(O)CC1Cc2c(cccc2C(F)(F)F)O1. The largest absolute Gasteiger partial charge is 0.489 e. The Hall–Kier alpha value is -1.72. The van der Waals surface area contributed by atoms with Gasteiger partial charge in [0.1, 0.15) is 11.9 Å². The van der Waals surface area contributed by atoms with Gasteiger partial charge in [-0.2, -0.15) is 13.2 Å². The van der Waals surface area contributed by atoms with Crippen molar-refractivity contribution in [2.45, 2.75) is 25.1 Å². The molecule has 0 amide bonds. The van der Waals surface area contributed by atoms with Crippen LogP contribution in [0.15, 0.2) is 18.2 Å². The van der Waals surface area contributed by atoms with Gasteiger partial charge < -0.3 is 9.84 Å². The minimum absolute atomic E-state index is 0.0166. The Kier molecular flexibility index (Phi) is 2.73. The normalized spacial score (nSPS) is 18.6. The fraction of sp³-hybridized carbons (Fsp3) is 0.364. The number of benzene rings is 1. The lowest BCUT2D eigenvalue weighted by Crippen LogP contribution is -2.18. The second-order valence-electron chi connectivity index (χ2n) is 3.82. The molecule has 1 aromatic rings. The first-order valence-corrected chi connectivity index (χ1v) is 4.95. The molecule has 6 heteroatoms. The zero-order valence-corrected chi connectivity index (χ0v) is 8.62. The molecule has 1 N–H and O–H groups in total. The van der Waals surface area contributed by atoms with Crippen LogP contribution in [0.2, 0.25) is 0 Å². The molecule has 1 atom stereocenters. The maximum Gasteiger partial charge on any atom is 0.416 e. The van der Waals surface area contributed by atoms with E-state index in [4.69, 9.17) is 9.84 Å². The maximum atomic E-state index is 12.7. The van der Waals surface area contributed by atoms with E-state index in [0.29, 0.717) is 0 Å². The van der Waals surface area contributed by atoms with Crippen LogP contribution in [0.4, 0.5) is 13.2 Å². The van der Waals surface area contributed by atoms with Crippen molar-refractivity contribution >= 4 is 5.97 Å². The molecule has 0 aliphatic carbocycles. The Labute approximate surface area is 94.8 Å². The number of hydrogen-bond donors (Lipinski definition) is 1. The summed E-state index contributed by atoms with van der Waals surface area (Å²) in [7, 11) is 0. The summed E-state index contributed by atoms with van der Waals surface area (Å²) in [4.78, 5) is 10.5. The zero-order valence-electron chi connectivity index (χ0n) is 8.62. The first-order chi connectivity index (χ1) is 7.88. The summed E-state index contributed by atoms with van der Waals surface area (Å²) in [6.07, 6.45) is -5.47. The van der Waals surface area contributed by atoms with Crippen molar-refractivity contribution in [2.24, 2.45) is 0 Å². The van der Waals surface area contributed by atoms with Gasteiger partial charge in [-0.25, -0.2) is 0 Å². The second kappa shape index (κ2) is 3.94. The lowest BCUT2D eigenvalue weighted by atomic mass is 10.0. The third-order valence-corrected chi connectivity index (χ3v) is 2.57. The van der Waals surface area contributed by atoms with Gasteiger partial charge in [0.25, 0.3) is 0 Å². The van der Waals surface area contributed by atoms with Gasteiger partial charge in [-0.1, -0.05) is 6.07 Å². The number of ether oxygens (including phenoxy) is 1. The van der Waals surface area contributed by atoms with E-state index in [1.807, 2.05) is 0 Å². The van der Waals surface area contributed by atoms with Crippen molar-refractivity contribution in [1.82, 2.24) is 0 Å². The Bertz CT molecular complexity index is 454. The molecule has 1 aliphatic rings. The van der Waals surface area contributed by atoms with Crippen LogP contribution in [0.3, 0.4) is 0 Å². The van der Waals surface area contributed by atoms with Crippen molar-refractivity contribution in [3.05, 3.63) is 29.3 Å². The average Bonchev–Trinajstić information content (AvgIpc) is 2.55. The summed E-state index contributed by atoms with van der Waals surface area (Å²) >= 11 is 0. The number of hydrogen-bond acceptors (Lipinski definition) is 2. The van der Waals surface area contributed by atoms with Crippen LogP contribution >= 0.6 is 0 Å². The summed E-state index contributed by atoms with van der Waals surface area (Å²) in [6.45, 7) is 0. The smallest absolute Gasteiger partial charge is 0.416 e. The maximum absolute atomic E-state index is 12.7. The first kappa shape index (κ1) is 11.8. The molecular weight excluding hydrogens is 237 g/mol. The standard InChI is InChI=1S/C11H9F3O3/c12-11(13,14)8-2-1-3-9-7(8)4-6(17-9)5-10(15)16/h1-3,6H,4-5H2,(H,15,16). The monoisotopic (exact) mass is 246 g/mol. The molecule has 0 aromatic heterocycles. The van der Waals surface area contributed by atoms with Gasteiger partial charge in [-0.05, 0) is 12.1 Å². The molecule has 0 saturated heterocycles. The molecule has 1 heterocycles. The lowest BCUT2D eigenvalue weighted by molar-refractivity contribution is -0.138. The molecule has 1 aromatic carbocycles. The van der Waals surface area contributed by atoms with Gasteiger partial charge in [0.05, 0.1) is 12.0 Å². The quantitative estimate of drug-likeness (QED) is 0.872. The Morgan fingerprint density at radius 1 is 1.47 bits per heavy atom. The predicted molar refractivity (Wildman–Crippen MR) is 51.8 cm³/mol. The van der Waals surface area contributed by atoms with E-state index in [0.717, 1.165) is 6.07 Å². The Morgan fingerprint density at radius 2 is 2.18 bits per heavy atom. The number of carbonyl (C=O) groups is 1. The summed E-state index contributed by atoms with van der Waals surface area (Å²) in [5.74, 6) is -0.956. The Balaban J connectivity index is 2.29. The third kappa shape index (κ3) is 2.35. The zero-order chi connectivity index (χ0) is 12.6. The van der Waals surface area contributed by atoms with Crippen molar-refractivity contribution < 1.29 is 27.8 Å². The molecule has 0 saturated carbocycles. The van der Waals surface area contributed by atoms with Gasteiger partial charge in [0, 0.05) is 12.0 Å². The van der Waals surface area contributed by atoms with Crippen LogP contribution in [0.5, 0.6) is 5.75 Å². The number of carboxylic acids is 1. The van der Waals surface area contributed by atoms with Crippen LogP contribution < -0.4 is 4.74 Å². The van der Waals surface area contributed by atoms with Crippen molar-refractivity contribution in [3.63, 3.8) is 0 Å². The van der Waals surface area contributed by atoms with Crippen molar-refractivity contribution in [1.29, 1.82) is 0 Å². The predicted octanol–water partition coefficient (Wildman–Crippen LogP) is 2.48. The molecule has 92 valence electrons. The highest BCUT2D eigenvalue weighted by Crippen LogP contribution is 2.40. The molecule has 1 unspecified atom stereocenters. The van der Waals surface area contributed by atoms with Crippen LogP contribution in [-0.2, 0) is 17.4 Å². The topological polar surface area (TPSA) is 46.5 Å². The molecule has 0 radical (unpaired) electrons. The number of halogens is 3. The third-order valence-electron chi connectivity index (χ3n) is 2.57. The highest BCUT2D eigenvalue weighted by Gasteiger charge is 2.38. The van der Waals surface area contributed by atoms with Crippen LogP contribution in [-0.4, -0.2) is 17.2 Å². The highest BCUT2D eigenvalue weighted by atomic mass is 19.4. The second-order valence-corrected chi connectivity index (χ2v) is 3.82. The van der Waals surface area contributed by atoms with Gasteiger partial charge in [0.15, 0.2) is 0 Å². The summed E-state index contributed by atoms with van der Waals surface area (Å²) in [5, 5.41) is 8.58. The first-order valence-electron chi connectivity index (χ1n) is 4.95. The van der Waals surface area contributed by atoms with Gasteiger partial charge in [0.2, 0.25) is 0 Å². The Morgan fingerprint density at radius 3 is 2.76 bits per heavy atom. The van der Waals surface area contributed by atoms with Crippen LogP contribution in [0.25, 0.3) is 0 Å². The molecule has 0 spiro atoms. The van der Waals surface area contributed by atoms with E-state index in [1.165, 1.54) is 12.1 Å². The van der Waals surface area contributed by atoms with Crippen molar-refractivity contribution in [2.75, 3.05) is 0 Å².